The molecule has 0 bridgehead atoms. The molecule has 2 aromatic heterocycles. The molecule has 0 aliphatic heterocycles. The second-order valence-corrected chi connectivity index (χ2v) is 8.14. The fraction of sp³-hybridized carbons (Fsp3) is 0.269. The van der Waals surface area contributed by atoms with Gasteiger partial charge in [0.2, 0.25) is 0 Å². The Hall–Kier alpha value is -3.87. The number of aromatic nitrogens is 2. The average Bonchev–Trinajstić information content (AvgIpc) is 3.50. The molecule has 2 aromatic carbocycles. The van der Waals surface area contributed by atoms with Crippen molar-refractivity contribution in [3.63, 3.8) is 0 Å². The van der Waals surface area contributed by atoms with Crippen LogP contribution in [0, 0.1) is 0 Å². The van der Waals surface area contributed by atoms with E-state index in [4.69, 9.17) is 13.9 Å². The molecule has 1 amide bonds. The Balaban J connectivity index is 1.37. The molecular formula is C26H25N3O4. The van der Waals surface area contributed by atoms with Crippen molar-refractivity contribution in [2.75, 3.05) is 12.4 Å². The number of methoxy groups -OCH3 is 1. The van der Waals surface area contributed by atoms with Gasteiger partial charge in [-0.1, -0.05) is 12.1 Å². The van der Waals surface area contributed by atoms with Crippen molar-refractivity contribution in [2.45, 2.75) is 38.2 Å². The molecular weight excluding hydrogens is 418 g/mol. The van der Waals surface area contributed by atoms with E-state index >= 15 is 0 Å². The van der Waals surface area contributed by atoms with Gasteiger partial charge in [-0.25, -0.2) is 4.98 Å². The molecule has 4 aromatic rings. The number of fused-ring (bicyclic) bond motifs is 1. The number of nitrogens with zero attached hydrogens (tertiary/aromatic N) is 2. The van der Waals surface area contributed by atoms with Crippen molar-refractivity contribution in [3.05, 3.63) is 77.9 Å². The third-order valence-electron chi connectivity index (χ3n) is 5.81. The van der Waals surface area contributed by atoms with E-state index in [1.54, 1.807) is 31.5 Å². The fourth-order valence-electron chi connectivity index (χ4n) is 4.14. The normalized spacial score (nSPS) is 13.8. The molecule has 1 aliphatic rings. The van der Waals surface area contributed by atoms with Crippen LogP contribution in [-0.2, 0) is 6.42 Å². The SMILES string of the molecule is COc1ccc(Cc2nc3cccc(NC(=O)c4cccnc4)c3o2)cc1OC1CCCC1. The number of hydrogen-bond acceptors (Lipinski definition) is 6. The second-order valence-electron chi connectivity index (χ2n) is 8.14. The largest absolute Gasteiger partial charge is 0.493 e. The van der Waals surface area contributed by atoms with Gasteiger partial charge in [0.15, 0.2) is 23.0 Å². The first-order valence-electron chi connectivity index (χ1n) is 11.1. The van der Waals surface area contributed by atoms with Crippen LogP contribution in [0.4, 0.5) is 5.69 Å². The van der Waals surface area contributed by atoms with Crippen LogP contribution in [-0.4, -0.2) is 29.1 Å². The highest BCUT2D eigenvalue weighted by Gasteiger charge is 2.19. The molecule has 0 radical (unpaired) electrons. The van der Waals surface area contributed by atoms with E-state index in [1.165, 1.54) is 19.0 Å². The number of anilines is 1. The van der Waals surface area contributed by atoms with Gasteiger partial charge >= 0.3 is 0 Å². The lowest BCUT2D eigenvalue weighted by Crippen LogP contribution is -2.12. The zero-order chi connectivity index (χ0) is 22.6. The van der Waals surface area contributed by atoms with Crippen LogP contribution in [0.15, 0.2) is 65.3 Å². The van der Waals surface area contributed by atoms with Crippen molar-refractivity contribution in [3.8, 4) is 11.5 Å². The molecule has 5 rings (SSSR count). The van der Waals surface area contributed by atoms with Crippen LogP contribution >= 0.6 is 0 Å². The van der Waals surface area contributed by atoms with Gasteiger partial charge in [-0.05, 0) is 67.6 Å². The first-order chi connectivity index (χ1) is 16.2. The molecule has 2 heterocycles. The minimum Gasteiger partial charge on any atom is -0.493 e. The number of rotatable bonds is 7. The molecule has 1 saturated carbocycles. The summed E-state index contributed by atoms with van der Waals surface area (Å²) in [6, 6.07) is 14.8. The van der Waals surface area contributed by atoms with Crippen LogP contribution in [0.25, 0.3) is 11.1 Å². The van der Waals surface area contributed by atoms with E-state index in [0.717, 1.165) is 29.9 Å². The summed E-state index contributed by atoms with van der Waals surface area (Å²) < 4.78 is 17.8. The highest BCUT2D eigenvalue weighted by Crippen LogP contribution is 2.33. The summed E-state index contributed by atoms with van der Waals surface area (Å²) in [7, 11) is 1.65. The number of ether oxygens (including phenoxy) is 2. The highest BCUT2D eigenvalue weighted by molar-refractivity contribution is 6.07. The van der Waals surface area contributed by atoms with Crippen LogP contribution in [0.1, 0.15) is 47.5 Å². The number of para-hydroxylation sites is 1. The molecule has 0 saturated heterocycles. The Bertz CT molecular complexity index is 1260. The molecule has 1 fully saturated rings. The van der Waals surface area contributed by atoms with Crippen molar-refractivity contribution in [1.82, 2.24) is 9.97 Å². The van der Waals surface area contributed by atoms with E-state index < -0.39 is 0 Å². The molecule has 7 heteroatoms. The number of hydrogen-bond donors (Lipinski definition) is 1. The summed E-state index contributed by atoms with van der Waals surface area (Å²) in [6.07, 6.45) is 8.45. The smallest absolute Gasteiger partial charge is 0.257 e. The van der Waals surface area contributed by atoms with Crippen molar-refractivity contribution in [1.29, 1.82) is 0 Å². The van der Waals surface area contributed by atoms with Gasteiger partial charge in [0.05, 0.1) is 24.5 Å². The predicted octanol–water partition coefficient (Wildman–Crippen LogP) is 5.40. The summed E-state index contributed by atoms with van der Waals surface area (Å²) in [5.74, 6) is 1.79. The van der Waals surface area contributed by atoms with E-state index in [2.05, 4.69) is 15.3 Å². The molecule has 1 N–H and O–H groups in total. The average molecular weight is 444 g/mol. The topological polar surface area (TPSA) is 86.5 Å². The number of carbonyl (C=O) groups excluding carboxylic acids is 1. The van der Waals surface area contributed by atoms with Gasteiger partial charge in [0, 0.05) is 18.8 Å². The minimum atomic E-state index is -0.252. The summed E-state index contributed by atoms with van der Waals surface area (Å²) in [4.78, 5) is 21.2. The summed E-state index contributed by atoms with van der Waals surface area (Å²) in [5.41, 5.74) is 3.28. The lowest BCUT2D eigenvalue weighted by atomic mass is 10.1. The number of nitrogens with one attached hydrogen (secondary N) is 1. The summed E-state index contributed by atoms with van der Waals surface area (Å²) in [6.45, 7) is 0. The highest BCUT2D eigenvalue weighted by atomic mass is 16.5. The first kappa shape index (κ1) is 21.0. The van der Waals surface area contributed by atoms with Crippen LogP contribution in [0.5, 0.6) is 11.5 Å². The standard InChI is InChI=1S/C26H25N3O4/c1-31-22-12-11-17(14-23(22)32-19-7-2-3-8-19)15-24-28-20-9-4-10-21(25(20)33-24)29-26(30)18-6-5-13-27-16-18/h4-6,9-14,16,19H,2-3,7-8,15H2,1H3,(H,29,30). The van der Waals surface area contributed by atoms with E-state index in [1.807, 2.05) is 30.3 Å². The van der Waals surface area contributed by atoms with E-state index in [-0.39, 0.29) is 12.0 Å². The van der Waals surface area contributed by atoms with Crippen LogP contribution in [0.3, 0.4) is 0 Å². The number of pyridine rings is 1. The molecule has 0 atom stereocenters. The fourth-order valence-corrected chi connectivity index (χ4v) is 4.14. The van der Waals surface area contributed by atoms with Gasteiger partial charge in [0.25, 0.3) is 5.91 Å². The van der Waals surface area contributed by atoms with Gasteiger partial charge < -0.3 is 19.2 Å². The summed E-state index contributed by atoms with van der Waals surface area (Å²) in [5, 5.41) is 2.89. The predicted molar refractivity (Wildman–Crippen MR) is 125 cm³/mol. The number of amides is 1. The van der Waals surface area contributed by atoms with Gasteiger partial charge in [-0.2, -0.15) is 0 Å². The molecule has 7 nitrogen and oxygen atoms in total. The molecule has 168 valence electrons. The summed E-state index contributed by atoms with van der Waals surface area (Å²) >= 11 is 0. The molecule has 33 heavy (non-hydrogen) atoms. The van der Waals surface area contributed by atoms with E-state index in [0.29, 0.717) is 34.7 Å². The quantitative estimate of drug-likeness (QED) is 0.412. The lowest BCUT2D eigenvalue weighted by Gasteiger charge is -2.16. The maximum absolute atomic E-state index is 12.6. The first-order valence-corrected chi connectivity index (χ1v) is 11.1. The zero-order valence-corrected chi connectivity index (χ0v) is 18.4. The Morgan fingerprint density at radius 2 is 2.00 bits per heavy atom. The monoisotopic (exact) mass is 443 g/mol. The number of oxazole rings is 1. The van der Waals surface area contributed by atoms with Crippen molar-refractivity contribution >= 4 is 22.7 Å². The Kier molecular flexibility index (Phi) is 5.93. The lowest BCUT2D eigenvalue weighted by molar-refractivity contribution is 0.102. The van der Waals surface area contributed by atoms with Crippen LogP contribution < -0.4 is 14.8 Å². The minimum absolute atomic E-state index is 0.240. The molecule has 0 unspecified atom stereocenters. The van der Waals surface area contributed by atoms with Gasteiger partial charge in [-0.15, -0.1) is 0 Å². The van der Waals surface area contributed by atoms with Crippen LogP contribution in [0.2, 0.25) is 0 Å². The Labute approximate surface area is 191 Å². The molecule has 1 aliphatic carbocycles. The third kappa shape index (κ3) is 4.67. The second kappa shape index (κ2) is 9.32. The number of carbonyl (C=O) groups is 1. The number of benzene rings is 2. The van der Waals surface area contributed by atoms with Crippen molar-refractivity contribution < 1.29 is 18.7 Å². The van der Waals surface area contributed by atoms with Crippen molar-refractivity contribution in [2.24, 2.45) is 0 Å². The molecule has 0 spiro atoms. The Morgan fingerprint density at radius 3 is 2.79 bits per heavy atom. The maximum atomic E-state index is 12.6. The third-order valence-corrected chi connectivity index (χ3v) is 5.81. The maximum Gasteiger partial charge on any atom is 0.257 e. The van der Waals surface area contributed by atoms with E-state index in [9.17, 15) is 4.79 Å². The van der Waals surface area contributed by atoms with Gasteiger partial charge in [0.1, 0.15) is 5.52 Å². The van der Waals surface area contributed by atoms with Gasteiger partial charge in [-0.3, -0.25) is 9.78 Å². The Morgan fingerprint density at radius 1 is 1.12 bits per heavy atom. The zero-order valence-electron chi connectivity index (χ0n) is 18.4.